The Morgan fingerprint density at radius 1 is 1.18 bits per heavy atom. The van der Waals surface area contributed by atoms with Crippen LogP contribution in [-0.2, 0) is 0 Å². The van der Waals surface area contributed by atoms with Crippen LogP contribution < -0.4 is 5.32 Å². The van der Waals surface area contributed by atoms with Gasteiger partial charge in [0.1, 0.15) is 5.69 Å². The van der Waals surface area contributed by atoms with Gasteiger partial charge in [-0.05, 0) is 19.1 Å². The van der Waals surface area contributed by atoms with E-state index in [1.807, 2.05) is 6.26 Å². The molecule has 1 fully saturated rings. The quantitative estimate of drug-likeness (QED) is 0.670. The highest BCUT2D eigenvalue weighted by molar-refractivity contribution is 8.00. The molecule has 1 saturated carbocycles. The minimum absolute atomic E-state index is 0.0743. The second kappa shape index (κ2) is 4.36. The van der Waals surface area contributed by atoms with E-state index >= 15 is 0 Å². The normalized spacial score (nSPS) is 17.0. The van der Waals surface area contributed by atoms with Crippen molar-refractivity contribution >= 4 is 17.4 Å². The van der Waals surface area contributed by atoms with Gasteiger partial charge >= 0.3 is 0 Å². The van der Waals surface area contributed by atoms with Crippen molar-refractivity contribution in [1.82, 2.24) is 4.98 Å². The Hall–Kier alpha value is -0.980. The molecule has 0 bridgehead atoms. The Labute approximate surface area is 99.8 Å². The van der Waals surface area contributed by atoms with Gasteiger partial charge in [0.15, 0.2) is 0 Å². The molecule has 0 aromatic carbocycles. The number of hydrogen-bond donors (Lipinski definition) is 1. The van der Waals surface area contributed by atoms with E-state index in [1.54, 1.807) is 11.8 Å². The van der Waals surface area contributed by atoms with Gasteiger partial charge in [-0.25, -0.2) is 0 Å². The average molecular weight is 266 g/mol. The Morgan fingerprint density at radius 2 is 1.71 bits per heavy atom. The van der Waals surface area contributed by atoms with Crippen molar-refractivity contribution in [3.63, 3.8) is 0 Å². The molecule has 0 atom stereocenters. The van der Waals surface area contributed by atoms with E-state index in [0.717, 1.165) is 12.8 Å². The van der Waals surface area contributed by atoms with Crippen LogP contribution in [0.4, 0.5) is 23.2 Å². The van der Waals surface area contributed by atoms with Gasteiger partial charge < -0.3 is 5.32 Å². The van der Waals surface area contributed by atoms with E-state index in [9.17, 15) is 17.6 Å². The second-order valence-corrected chi connectivity index (χ2v) is 5.21. The van der Waals surface area contributed by atoms with Gasteiger partial charge in [0.25, 0.3) is 11.9 Å². The van der Waals surface area contributed by atoms with Crippen molar-refractivity contribution in [2.75, 3.05) is 18.1 Å². The highest BCUT2D eigenvalue weighted by atomic mass is 32.2. The van der Waals surface area contributed by atoms with Gasteiger partial charge in [-0.15, -0.1) is 0 Å². The zero-order valence-electron chi connectivity index (χ0n) is 8.99. The maximum absolute atomic E-state index is 13.2. The van der Waals surface area contributed by atoms with E-state index in [2.05, 4.69) is 10.3 Å². The fourth-order valence-electron chi connectivity index (χ4n) is 1.48. The van der Waals surface area contributed by atoms with Crippen LogP contribution >= 0.6 is 11.8 Å². The van der Waals surface area contributed by atoms with E-state index in [4.69, 9.17) is 0 Å². The van der Waals surface area contributed by atoms with Gasteiger partial charge in [-0.2, -0.15) is 34.3 Å². The van der Waals surface area contributed by atoms with Gasteiger partial charge in [0.2, 0.25) is 11.6 Å². The van der Waals surface area contributed by atoms with Gasteiger partial charge in [0, 0.05) is 11.3 Å². The van der Waals surface area contributed by atoms with Crippen LogP contribution in [0.25, 0.3) is 0 Å². The summed E-state index contributed by atoms with van der Waals surface area (Å²) < 4.78 is 52.0. The van der Waals surface area contributed by atoms with E-state index in [0.29, 0.717) is 0 Å². The van der Waals surface area contributed by atoms with Gasteiger partial charge in [0.05, 0.1) is 0 Å². The molecule has 1 aliphatic rings. The fourth-order valence-corrected chi connectivity index (χ4v) is 2.21. The lowest BCUT2D eigenvalue weighted by Crippen LogP contribution is -2.20. The molecule has 2 rings (SSSR count). The Bertz CT molecular complexity index is 422. The molecule has 1 heterocycles. The minimum Gasteiger partial charge on any atom is -0.379 e. The topological polar surface area (TPSA) is 24.9 Å². The van der Waals surface area contributed by atoms with Crippen LogP contribution in [-0.4, -0.2) is 22.5 Å². The number of pyridine rings is 1. The van der Waals surface area contributed by atoms with Crippen molar-refractivity contribution in [3.05, 3.63) is 23.5 Å². The summed E-state index contributed by atoms with van der Waals surface area (Å²) >= 11 is 1.57. The lowest BCUT2D eigenvalue weighted by atomic mass is 10.3. The predicted octanol–water partition coefficient (Wildman–Crippen LogP) is 2.95. The van der Waals surface area contributed by atoms with Crippen LogP contribution in [0.15, 0.2) is 0 Å². The summed E-state index contributed by atoms with van der Waals surface area (Å²) in [5.74, 6) is -6.25. The maximum atomic E-state index is 13.2. The first kappa shape index (κ1) is 12.5. The fraction of sp³-hybridized carbons (Fsp3) is 0.500. The number of rotatable bonds is 4. The predicted molar refractivity (Wildman–Crippen MR) is 58.0 cm³/mol. The largest absolute Gasteiger partial charge is 0.379 e. The third kappa shape index (κ3) is 2.34. The molecule has 0 aliphatic heterocycles. The summed E-state index contributed by atoms with van der Waals surface area (Å²) in [6.07, 6.45) is 3.72. The van der Waals surface area contributed by atoms with E-state index in [1.165, 1.54) is 0 Å². The Balaban J connectivity index is 2.20. The van der Waals surface area contributed by atoms with Crippen LogP contribution in [0.5, 0.6) is 0 Å². The van der Waals surface area contributed by atoms with Crippen LogP contribution in [0.2, 0.25) is 0 Å². The van der Waals surface area contributed by atoms with Crippen LogP contribution in [0.1, 0.15) is 12.8 Å². The maximum Gasteiger partial charge on any atom is 0.253 e. The smallest absolute Gasteiger partial charge is 0.253 e. The Morgan fingerprint density at radius 3 is 2.12 bits per heavy atom. The molecule has 0 spiro atoms. The molecular weight excluding hydrogens is 256 g/mol. The van der Waals surface area contributed by atoms with Crippen molar-refractivity contribution in [3.8, 4) is 0 Å². The summed E-state index contributed by atoms with van der Waals surface area (Å²) in [7, 11) is 0. The molecule has 1 aromatic rings. The second-order valence-electron chi connectivity index (χ2n) is 3.94. The zero-order valence-corrected chi connectivity index (χ0v) is 9.81. The molecule has 1 aromatic heterocycles. The summed E-state index contributed by atoms with van der Waals surface area (Å²) in [6.45, 7) is 0.269. The Kier molecular flexibility index (Phi) is 3.20. The molecule has 0 unspecified atom stereocenters. The third-order valence-corrected chi connectivity index (χ3v) is 4.24. The molecule has 1 N–H and O–H groups in total. The summed E-state index contributed by atoms with van der Waals surface area (Å²) in [6, 6.07) is 0. The van der Waals surface area contributed by atoms with Crippen molar-refractivity contribution < 1.29 is 17.6 Å². The molecular formula is C10H10F4N2S. The molecule has 0 saturated heterocycles. The summed E-state index contributed by atoms with van der Waals surface area (Å²) in [5.41, 5.74) is -0.782. The third-order valence-electron chi connectivity index (χ3n) is 2.83. The SMILES string of the molecule is CSC1(CNc2c(F)c(F)nc(F)c2F)CC1. The number of aromatic nitrogens is 1. The lowest BCUT2D eigenvalue weighted by Gasteiger charge is -2.15. The van der Waals surface area contributed by atoms with Crippen molar-refractivity contribution in [2.24, 2.45) is 0 Å². The van der Waals surface area contributed by atoms with Crippen molar-refractivity contribution in [2.45, 2.75) is 17.6 Å². The number of nitrogens with one attached hydrogen (secondary N) is 1. The molecule has 1 aliphatic carbocycles. The summed E-state index contributed by atoms with van der Waals surface area (Å²) in [5, 5.41) is 2.43. The summed E-state index contributed by atoms with van der Waals surface area (Å²) in [4.78, 5) is 2.49. The number of nitrogens with zero attached hydrogens (tertiary/aromatic N) is 1. The average Bonchev–Trinajstić information content (AvgIpc) is 3.07. The highest BCUT2D eigenvalue weighted by Crippen LogP contribution is 2.47. The number of anilines is 1. The van der Waals surface area contributed by atoms with Crippen molar-refractivity contribution in [1.29, 1.82) is 0 Å². The number of thioether (sulfide) groups is 1. The standard InChI is InChI=1S/C10H10F4N2S/c1-17-10(2-3-10)4-15-7-5(11)8(13)16-9(14)6(7)12/h2-4H2,1H3,(H,15,16). The van der Waals surface area contributed by atoms with Gasteiger partial charge in [-0.3, -0.25) is 0 Å². The first-order valence-electron chi connectivity index (χ1n) is 4.98. The molecule has 94 valence electrons. The number of hydrogen-bond acceptors (Lipinski definition) is 3. The minimum atomic E-state index is -1.64. The van der Waals surface area contributed by atoms with E-state index < -0.39 is 29.2 Å². The molecule has 17 heavy (non-hydrogen) atoms. The van der Waals surface area contributed by atoms with E-state index in [-0.39, 0.29) is 11.3 Å². The highest BCUT2D eigenvalue weighted by Gasteiger charge is 2.42. The molecule has 0 amide bonds. The monoisotopic (exact) mass is 266 g/mol. The zero-order chi connectivity index (χ0) is 12.6. The van der Waals surface area contributed by atoms with Crippen LogP contribution in [0.3, 0.4) is 0 Å². The molecule has 0 radical (unpaired) electrons. The number of halogens is 4. The van der Waals surface area contributed by atoms with Crippen LogP contribution in [0, 0.1) is 23.5 Å². The lowest BCUT2D eigenvalue weighted by molar-refractivity contribution is 0.410. The first-order valence-corrected chi connectivity index (χ1v) is 6.20. The molecule has 2 nitrogen and oxygen atoms in total. The van der Waals surface area contributed by atoms with Gasteiger partial charge in [-0.1, -0.05) is 0 Å². The first-order chi connectivity index (χ1) is 7.99. The molecule has 7 heteroatoms.